The molecule has 11 nitrogen and oxygen atoms in total. The van der Waals surface area contributed by atoms with Crippen molar-refractivity contribution < 1.29 is 23.9 Å². The second kappa shape index (κ2) is 10.7. The van der Waals surface area contributed by atoms with E-state index in [1.165, 1.54) is 0 Å². The highest BCUT2D eigenvalue weighted by Crippen LogP contribution is 2.19. The fourth-order valence-electron chi connectivity index (χ4n) is 3.20. The van der Waals surface area contributed by atoms with E-state index in [2.05, 4.69) is 27.3 Å². The molecule has 0 radical (unpaired) electrons. The normalized spacial score (nSPS) is 15.5. The minimum absolute atomic E-state index is 0.123. The van der Waals surface area contributed by atoms with E-state index < -0.39 is 6.04 Å². The molecule has 1 fully saturated rings. The summed E-state index contributed by atoms with van der Waals surface area (Å²) in [6.45, 7) is 8.31. The van der Waals surface area contributed by atoms with Crippen LogP contribution in [0.15, 0.2) is 10.5 Å². The summed E-state index contributed by atoms with van der Waals surface area (Å²) in [6, 6.07) is 1.24. The molecule has 2 aromatic rings. The largest absolute Gasteiger partial charge is 0.483 e. The van der Waals surface area contributed by atoms with Gasteiger partial charge in [0.2, 0.25) is 5.89 Å². The van der Waals surface area contributed by atoms with Crippen molar-refractivity contribution in [2.24, 2.45) is 7.05 Å². The average Bonchev–Trinajstić information content (AvgIpc) is 3.18. The Morgan fingerprint density at radius 1 is 1.23 bits per heavy atom. The van der Waals surface area contributed by atoms with Crippen LogP contribution in [0.25, 0.3) is 0 Å². The van der Waals surface area contributed by atoms with E-state index in [1.54, 1.807) is 31.6 Å². The van der Waals surface area contributed by atoms with E-state index in [9.17, 15) is 9.59 Å². The van der Waals surface area contributed by atoms with E-state index in [0.717, 1.165) is 25.2 Å². The van der Waals surface area contributed by atoms with Crippen LogP contribution in [-0.2, 0) is 11.8 Å². The van der Waals surface area contributed by atoms with Crippen molar-refractivity contribution in [1.82, 2.24) is 29.9 Å². The van der Waals surface area contributed by atoms with E-state index in [1.807, 2.05) is 11.8 Å². The van der Waals surface area contributed by atoms with Gasteiger partial charge in [0.25, 0.3) is 18.3 Å². The molecule has 0 unspecified atom stereocenters. The topological polar surface area (TPSA) is 134 Å². The monoisotopic (exact) mass is 434 g/mol. The van der Waals surface area contributed by atoms with Crippen LogP contribution in [0.2, 0.25) is 0 Å². The van der Waals surface area contributed by atoms with Gasteiger partial charge in [-0.05, 0) is 46.9 Å². The van der Waals surface area contributed by atoms with Gasteiger partial charge in [-0.25, -0.2) is 4.98 Å². The molecule has 11 heteroatoms. The molecule has 1 aliphatic rings. The third-order valence-corrected chi connectivity index (χ3v) is 5.09. The Bertz CT molecular complexity index is 902. The maximum atomic E-state index is 12.9. The molecule has 3 rings (SSSR count). The van der Waals surface area contributed by atoms with Crippen LogP contribution in [-0.4, -0.2) is 81.2 Å². The average molecular weight is 434 g/mol. The van der Waals surface area contributed by atoms with Crippen molar-refractivity contribution >= 4 is 18.3 Å². The zero-order chi connectivity index (χ0) is 23.1. The fourth-order valence-corrected chi connectivity index (χ4v) is 3.20. The second-order valence-corrected chi connectivity index (χ2v) is 7.50. The summed E-state index contributed by atoms with van der Waals surface area (Å²) < 4.78 is 7.34. The van der Waals surface area contributed by atoms with Crippen molar-refractivity contribution in [2.75, 3.05) is 33.2 Å². The van der Waals surface area contributed by atoms with E-state index in [-0.39, 0.29) is 18.3 Å². The molecular weight excluding hydrogens is 404 g/mol. The second-order valence-electron chi connectivity index (χ2n) is 7.50. The lowest BCUT2D eigenvalue weighted by Gasteiger charge is -2.19. The van der Waals surface area contributed by atoms with E-state index in [4.69, 9.17) is 14.3 Å². The number of hydrogen-bond acceptors (Lipinski definition) is 7. The van der Waals surface area contributed by atoms with Gasteiger partial charge in [0.05, 0.1) is 0 Å². The summed E-state index contributed by atoms with van der Waals surface area (Å²) >= 11 is 0. The number of aromatic nitrogens is 3. The van der Waals surface area contributed by atoms with E-state index >= 15 is 0 Å². The molecule has 0 aliphatic carbocycles. The van der Waals surface area contributed by atoms with Crippen LogP contribution in [0.3, 0.4) is 0 Å². The molecule has 31 heavy (non-hydrogen) atoms. The van der Waals surface area contributed by atoms with Crippen molar-refractivity contribution in [3.05, 3.63) is 34.8 Å². The summed E-state index contributed by atoms with van der Waals surface area (Å²) in [5, 5.41) is 13.9. The van der Waals surface area contributed by atoms with Gasteiger partial charge in [0, 0.05) is 32.4 Å². The highest BCUT2D eigenvalue weighted by Gasteiger charge is 2.26. The van der Waals surface area contributed by atoms with Crippen LogP contribution in [0.4, 0.5) is 0 Å². The van der Waals surface area contributed by atoms with Crippen molar-refractivity contribution in [3.63, 3.8) is 0 Å². The first-order valence-corrected chi connectivity index (χ1v) is 10.0. The van der Waals surface area contributed by atoms with Crippen molar-refractivity contribution in [3.8, 4) is 0 Å². The summed E-state index contributed by atoms with van der Waals surface area (Å²) in [5.74, 6) is 0.346. The number of carbonyl (C=O) groups is 3. The lowest BCUT2D eigenvalue weighted by Crippen LogP contribution is -2.35. The Hall–Kier alpha value is -3.21. The van der Waals surface area contributed by atoms with Crippen molar-refractivity contribution in [2.45, 2.75) is 33.2 Å². The zero-order valence-electron chi connectivity index (χ0n) is 18.6. The molecule has 170 valence electrons. The van der Waals surface area contributed by atoms with Crippen LogP contribution in [0.1, 0.15) is 57.7 Å². The Morgan fingerprint density at radius 3 is 2.52 bits per heavy atom. The number of nitrogens with zero attached hydrogens (tertiary/aromatic N) is 5. The molecule has 0 spiro atoms. The summed E-state index contributed by atoms with van der Waals surface area (Å²) in [7, 11) is 3.84. The third-order valence-electron chi connectivity index (χ3n) is 5.09. The highest BCUT2D eigenvalue weighted by molar-refractivity contribution is 5.93. The van der Waals surface area contributed by atoms with E-state index in [0.29, 0.717) is 36.1 Å². The van der Waals surface area contributed by atoms with Crippen LogP contribution in [0, 0.1) is 13.8 Å². The molecule has 0 bridgehead atoms. The first-order valence-electron chi connectivity index (χ1n) is 10.0. The van der Waals surface area contributed by atoms with Crippen LogP contribution >= 0.6 is 0 Å². The first-order chi connectivity index (χ1) is 14.7. The number of rotatable bonds is 4. The number of aryl methyl sites for hydroxylation is 3. The molecular formula is C20H30N6O5. The number of carbonyl (C=O) groups excluding carboxylic acids is 2. The molecule has 2 N–H and O–H groups in total. The van der Waals surface area contributed by atoms with Gasteiger partial charge in [-0.3, -0.25) is 19.1 Å². The molecule has 2 aromatic heterocycles. The molecule has 3 heterocycles. The Labute approximate surface area is 181 Å². The Kier molecular flexibility index (Phi) is 8.31. The lowest BCUT2D eigenvalue weighted by molar-refractivity contribution is -0.122. The molecule has 1 aliphatic heterocycles. The van der Waals surface area contributed by atoms with Crippen LogP contribution in [0.5, 0.6) is 0 Å². The van der Waals surface area contributed by atoms with Crippen molar-refractivity contribution in [1.29, 1.82) is 0 Å². The summed E-state index contributed by atoms with van der Waals surface area (Å²) in [4.78, 5) is 42.1. The predicted octanol–water partition coefficient (Wildman–Crippen LogP) is 0.994. The molecule has 2 amide bonds. The van der Waals surface area contributed by atoms with Gasteiger partial charge < -0.3 is 24.6 Å². The predicted molar refractivity (Wildman–Crippen MR) is 112 cm³/mol. The smallest absolute Gasteiger partial charge is 0.290 e. The molecule has 1 saturated heterocycles. The number of carboxylic acid groups (broad SMARTS) is 1. The maximum absolute atomic E-state index is 12.9. The molecule has 1 atom stereocenters. The standard InChI is InChI=1S/C19H28N6O3.CH2O2/c1-12-11-15(22-24(12)5)17(26)20-13(2)18-21-16(14(3)28-18)19(27)25-8-6-7-23(4)9-10-25;2-1-3/h11,13H,6-10H2,1-5H3,(H,20,26);1H,(H,2,3)/t13-;/m0./s1. The van der Waals surface area contributed by atoms with Gasteiger partial charge in [0.15, 0.2) is 5.69 Å². The fraction of sp³-hybridized carbons (Fsp3) is 0.550. The minimum atomic E-state index is -0.481. The first kappa shape index (κ1) is 24.1. The SMILES string of the molecule is Cc1oc([C@H](C)NC(=O)c2cc(C)n(C)n2)nc1C(=O)N1CCCN(C)CC1.O=CO. The van der Waals surface area contributed by atoms with Gasteiger partial charge in [0.1, 0.15) is 17.5 Å². The summed E-state index contributed by atoms with van der Waals surface area (Å²) in [5.41, 5.74) is 1.54. The maximum Gasteiger partial charge on any atom is 0.290 e. The quantitative estimate of drug-likeness (QED) is 0.681. The number of amides is 2. The van der Waals surface area contributed by atoms with Gasteiger partial charge in [-0.1, -0.05) is 0 Å². The van der Waals surface area contributed by atoms with Gasteiger partial charge in [-0.2, -0.15) is 5.10 Å². The number of likely N-dealkylation sites (N-methyl/N-ethyl adjacent to an activating group) is 1. The highest BCUT2D eigenvalue weighted by atomic mass is 16.4. The lowest BCUT2D eigenvalue weighted by atomic mass is 10.3. The zero-order valence-corrected chi connectivity index (χ0v) is 18.6. The molecule has 0 aromatic carbocycles. The van der Waals surface area contributed by atoms with Crippen LogP contribution < -0.4 is 5.32 Å². The molecule has 0 saturated carbocycles. The minimum Gasteiger partial charge on any atom is -0.483 e. The Morgan fingerprint density at radius 2 is 1.90 bits per heavy atom. The van der Waals surface area contributed by atoms with Gasteiger partial charge in [-0.15, -0.1) is 0 Å². The Balaban J connectivity index is 0.00000107. The third kappa shape index (κ3) is 6.14. The number of hydrogen-bond donors (Lipinski definition) is 2. The van der Waals surface area contributed by atoms with Gasteiger partial charge >= 0.3 is 0 Å². The summed E-state index contributed by atoms with van der Waals surface area (Å²) in [6.07, 6.45) is 0.932. The number of nitrogens with one attached hydrogen (secondary N) is 1. The number of oxazole rings is 1.